The van der Waals surface area contributed by atoms with Crippen molar-refractivity contribution in [2.24, 2.45) is 0 Å². The van der Waals surface area contributed by atoms with E-state index in [1.807, 2.05) is 11.9 Å². The maximum absolute atomic E-state index is 12.7. The minimum Gasteiger partial charge on any atom is -0.339 e. The van der Waals surface area contributed by atoms with Crippen LogP contribution < -0.4 is 10.9 Å². The third kappa shape index (κ3) is 4.63. The van der Waals surface area contributed by atoms with Gasteiger partial charge in [0.2, 0.25) is 5.91 Å². The van der Waals surface area contributed by atoms with E-state index in [0.29, 0.717) is 28.2 Å². The van der Waals surface area contributed by atoms with E-state index in [4.69, 9.17) is 0 Å². The number of hydrogen-bond donors (Lipinski definition) is 1. The number of rotatable bonds is 5. The fourth-order valence-corrected chi connectivity index (χ4v) is 4.00. The molecule has 4 rings (SSSR count). The lowest BCUT2D eigenvalue weighted by Crippen LogP contribution is -2.38. The first kappa shape index (κ1) is 20.7. The van der Waals surface area contributed by atoms with Crippen molar-refractivity contribution in [2.45, 2.75) is 44.7 Å². The summed E-state index contributed by atoms with van der Waals surface area (Å²) < 4.78 is 1.04. The first-order valence-electron chi connectivity index (χ1n) is 10.5. The van der Waals surface area contributed by atoms with Crippen molar-refractivity contribution in [3.63, 3.8) is 0 Å². The fourth-order valence-electron chi connectivity index (χ4n) is 4.00. The quantitative estimate of drug-likeness (QED) is 0.686. The third-order valence-corrected chi connectivity index (χ3v) is 5.78. The molecule has 0 bridgehead atoms. The highest BCUT2D eigenvalue weighted by molar-refractivity contribution is 5.95. The summed E-state index contributed by atoms with van der Waals surface area (Å²) in [5.41, 5.74) is 1.25. The van der Waals surface area contributed by atoms with Gasteiger partial charge in [-0.1, -0.05) is 36.6 Å². The van der Waals surface area contributed by atoms with Gasteiger partial charge in [0.15, 0.2) is 0 Å². The normalized spacial score (nSPS) is 14.4. The van der Waals surface area contributed by atoms with Crippen LogP contribution in [0.25, 0.3) is 10.9 Å². The van der Waals surface area contributed by atoms with Crippen molar-refractivity contribution in [3.05, 3.63) is 64.4 Å². The predicted molar refractivity (Wildman–Crippen MR) is 118 cm³/mol. The molecule has 0 atom stereocenters. The molecule has 2 aromatic carbocycles. The van der Waals surface area contributed by atoms with Crippen molar-refractivity contribution in [1.82, 2.24) is 19.9 Å². The van der Waals surface area contributed by atoms with Gasteiger partial charge in [-0.3, -0.25) is 14.4 Å². The largest absolute Gasteiger partial charge is 0.339 e. The molecule has 0 saturated heterocycles. The van der Waals surface area contributed by atoms with Crippen LogP contribution in [0, 0.1) is 0 Å². The van der Waals surface area contributed by atoms with Crippen LogP contribution in [0.5, 0.6) is 0 Å². The summed E-state index contributed by atoms with van der Waals surface area (Å²) in [6, 6.07) is 14.0. The first-order valence-corrected chi connectivity index (χ1v) is 10.5. The molecule has 8 nitrogen and oxygen atoms in total. The maximum atomic E-state index is 12.7. The van der Waals surface area contributed by atoms with E-state index in [2.05, 4.69) is 15.6 Å². The van der Waals surface area contributed by atoms with Gasteiger partial charge in [-0.15, -0.1) is 5.10 Å². The highest BCUT2D eigenvalue weighted by Gasteiger charge is 2.23. The highest BCUT2D eigenvalue weighted by atomic mass is 16.2. The van der Waals surface area contributed by atoms with Gasteiger partial charge in [0.25, 0.3) is 11.5 Å². The molecule has 8 heteroatoms. The molecule has 1 fully saturated rings. The molecule has 0 aliphatic heterocycles. The third-order valence-electron chi connectivity index (χ3n) is 5.78. The van der Waals surface area contributed by atoms with Crippen molar-refractivity contribution < 1.29 is 9.59 Å². The number of amides is 2. The predicted octanol–water partition coefficient (Wildman–Crippen LogP) is 2.83. The second-order valence-electron chi connectivity index (χ2n) is 7.90. The molecule has 1 saturated carbocycles. The van der Waals surface area contributed by atoms with Gasteiger partial charge in [0, 0.05) is 24.3 Å². The monoisotopic (exact) mass is 419 g/mol. The zero-order valence-electron chi connectivity index (χ0n) is 17.5. The van der Waals surface area contributed by atoms with Crippen LogP contribution in [0.1, 0.15) is 42.5 Å². The molecule has 1 aliphatic carbocycles. The highest BCUT2D eigenvalue weighted by Crippen LogP contribution is 2.23. The zero-order valence-corrected chi connectivity index (χ0v) is 17.5. The molecular formula is C23H25N5O3. The minimum atomic E-state index is -0.398. The second kappa shape index (κ2) is 9.07. The van der Waals surface area contributed by atoms with Gasteiger partial charge in [0.1, 0.15) is 12.1 Å². The lowest BCUT2D eigenvalue weighted by molar-refractivity contribution is -0.117. The number of carbonyl (C=O) groups excluding carboxylic acids is 2. The van der Waals surface area contributed by atoms with Gasteiger partial charge in [-0.05, 0) is 49.2 Å². The molecule has 160 valence electrons. The smallest absolute Gasteiger partial charge is 0.278 e. The van der Waals surface area contributed by atoms with E-state index >= 15 is 0 Å². The van der Waals surface area contributed by atoms with Gasteiger partial charge in [-0.2, -0.15) is 0 Å². The van der Waals surface area contributed by atoms with Crippen LogP contribution in [0.2, 0.25) is 0 Å². The maximum Gasteiger partial charge on any atom is 0.278 e. The molecule has 1 N–H and O–H groups in total. The zero-order chi connectivity index (χ0) is 21.8. The van der Waals surface area contributed by atoms with E-state index < -0.39 is 5.91 Å². The summed E-state index contributed by atoms with van der Waals surface area (Å²) in [6.45, 7) is -0.248. The van der Waals surface area contributed by atoms with Crippen LogP contribution in [-0.2, 0) is 11.3 Å². The first-order chi connectivity index (χ1) is 15.0. The number of benzene rings is 2. The Kier molecular flexibility index (Phi) is 6.06. The summed E-state index contributed by atoms with van der Waals surface area (Å²) in [7, 11) is 1.86. The molecule has 0 unspecified atom stereocenters. The Morgan fingerprint density at radius 2 is 1.77 bits per heavy atom. The molecule has 0 radical (unpaired) electrons. The van der Waals surface area contributed by atoms with Crippen molar-refractivity contribution in [2.75, 3.05) is 12.4 Å². The lowest BCUT2D eigenvalue weighted by Gasteiger charge is -2.31. The van der Waals surface area contributed by atoms with Crippen LogP contribution in [-0.4, -0.2) is 44.8 Å². The Morgan fingerprint density at radius 1 is 1.06 bits per heavy atom. The standard InChI is InChI=1S/C23H25N5O3/c1-27(18-7-3-2-4-8-18)22(30)16-11-13-17(14-12-16)24-21(29)15-28-23(31)19-9-5-6-10-20(19)25-26-28/h5-6,9-14,18H,2-4,7-8,15H2,1H3,(H,24,29). The van der Waals surface area contributed by atoms with Gasteiger partial charge in [0.05, 0.1) is 5.39 Å². The van der Waals surface area contributed by atoms with Crippen molar-refractivity contribution >= 4 is 28.4 Å². The van der Waals surface area contributed by atoms with Gasteiger partial charge in [-0.25, -0.2) is 4.68 Å². The number of anilines is 1. The fraction of sp³-hybridized carbons (Fsp3) is 0.348. The Bertz CT molecular complexity index is 1150. The minimum absolute atomic E-state index is 0.0113. The Balaban J connectivity index is 1.39. The number of nitrogens with zero attached hydrogens (tertiary/aromatic N) is 4. The summed E-state index contributed by atoms with van der Waals surface area (Å²) in [4.78, 5) is 39.4. The Morgan fingerprint density at radius 3 is 2.52 bits per heavy atom. The topological polar surface area (TPSA) is 97.2 Å². The van der Waals surface area contributed by atoms with Crippen LogP contribution >= 0.6 is 0 Å². The lowest BCUT2D eigenvalue weighted by atomic mass is 9.94. The number of hydrogen-bond acceptors (Lipinski definition) is 5. The molecule has 1 aliphatic rings. The summed E-state index contributed by atoms with van der Waals surface area (Å²) in [5.74, 6) is -0.409. The molecule has 1 aromatic heterocycles. The molecular weight excluding hydrogens is 394 g/mol. The van der Waals surface area contributed by atoms with Crippen molar-refractivity contribution in [1.29, 1.82) is 0 Å². The summed E-state index contributed by atoms with van der Waals surface area (Å²) in [6.07, 6.45) is 5.67. The van der Waals surface area contributed by atoms with Crippen molar-refractivity contribution in [3.8, 4) is 0 Å². The molecule has 1 heterocycles. The van der Waals surface area contributed by atoms with Gasteiger partial charge < -0.3 is 10.2 Å². The van der Waals surface area contributed by atoms with Crippen LogP contribution in [0.15, 0.2) is 53.3 Å². The molecule has 0 spiro atoms. The molecule has 2 amide bonds. The summed E-state index contributed by atoms with van der Waals surface area (Å²) >= 11 is 0. The van der Waals surface area contributed by atoms with E-state index in [1.54, 1.807) is 48.5 Å². The number of fused-ring (bicyclic) bond motifs is 1. The van der Waals surface area contributed by atoms with Gasteiger partial charge >= 0.3 is 0 Å². The van der Waals surface area contributed by atoms with Crippen LogP contribution in [0.4, 0.5) is 5.69 Å². The van der Waals surface area contributed by atoms with E-state index in [9.17, 15) is 14.4 Å². The van der Waals surface area contributed by atoms with Crippen LogP contribution in [0.3, 0.4) is 0 Å². The Hall–Kier alpha value is -3.55. The van der Waals surface area contributed by atoms with E-state index in [1.165, 1.54) is 6.42 Å². The molecule has 31 heavy (non-hydrogen) atoms. The number of aromatic nitrogens is 3. The summed E-state index contributed by atoms with van der Waals surface area (Å²) in [5, 5.41) is 11.0. The number of nitrogens with one attached hydrogen (secondary N) is 1. The average molecular weight is 419 g/mol. The SMILES string of the molecule is CN(C(=O)c1ccc(NC(=O)Cn2nnc3ccccc3c2=O)cc1)C1CCCCC1. The second-order valence-corrected chi connectivity index (χ2v) is 7.90. The van der Waals surface area contributed by atoms with E-state index in [0.717, 1.165) is 30.4 Å². The average Bonchev–Trinajstić information content (AvgIpc) is 2.81. The number of carbonyl (C=O) groups is 2. The Labute approximate surface area is 179 Å². The van der Waals surface area contributed by atoms with E-state index in [-0.39, 0.29) is 18.0 Å². The molecule has 3 aromatic rings.